The van der Waals surface area contributed by atoms with Crippen molar-refractivity contribution < 1.29 is 9.53 Å². The Hall–Kier alpha value is -3.34. The molecule has 144 valence electrons. The van der Waals surface area contributed by atoms with Crippen LogP contribution in [0.15, 0.2) is 60.7 Å². The van der Waals surface area contributed by atoms with E-state index < -0.39 is 0 Å². The summed E-state index contributed by atoms with van der Waals surface area (Å²) in [5.74, 6) is 0.720. The van der Waals surface area contributed by atoms with Crippen LogP contribution >= 0.6 is 0 Å². The zero-order chi connectivity index (χ0) is 19.9. The molecule has 0 atom stereocenters. The number of carbonyl (C=O) groups excluding carboxylic acids is 1. The lowest BCUT2D eigenvalue weighted by Crippen LogP contribution is -2.23. The molecule has 1 amide bonds. The van der Waals surface area contributed by atoms with Gasteiger partial charge in [-0.3, -0.25) is 4.79 Å². The number of hydrogen-bond donors (Lipinski definition) is 1. The normalized spacial score (nSPS) is 11.0. The summed E-state index contributed by atoms with van der Waals surface area (Å²) in [6.07, 6.45) is 4.17. The van der Waals surface area contributed by atoms with Crippen LogP contribution in [0.5, 0.6) is 5.75 Å². The highest BCUT2D eigenvalue weighted by molar-refractivity contribution is 5.92. The first kappa shape index (κ1) is 19.4. The molecule has 28 heavy (non-hydrogen) atoms. The molecule has 0 saturated heterocycles. The summed E-state index contributed by atoms with van der Waals surface area (Å²) in [6, 6.07) is 17.8. The van der Waals surface area contributed by atoms with E-state index in [1.807, 2.05) is 79.2 Å². The number of methoxy groups -OCH3 is 1. The number of para-hydroxylation sites is 1. The number of ether oxygens (including phenoxy) is 1. The van der Waals surface area contributed by atoms with Crippen LogP contribution in [0.1, 0.15) is 22.5 Å². The van der Waals surface area contributed by atoms with Gasteiger partial charge in [0.15, 0.2) is 0 Å². The van der Waals surface area contributed by atoms with E-state index in [0.717, 1.165) is 40.4 Å². The minimum Gasteiger partial charge on any atom is -0.497 e. The van der Waals surface area contributed by atoms with Gasteiger partial charge in [0.2, 0.25) is 5.91 Å². The van der Waals surface area contributed by atoms with Crippen molar-refractivity contribution in [1.29, 1.82) is 0 Å². The number of hydrogen-bond acceptors (Lipinski definition) is 3. The van der Waals surface area contributed by atoms with Gasteiger partial charge in [-0.1, -0.05) is 30.3 Å². The van der Waals surface area contributed by atoms with Gasteiger partial charge in [-0.15, -0.1) is 0 Å². The Morgan fingerprint density at radius 1 is 1.11 bits per heavy atom. The summed E-state index contributed by atoms with van der Waals surface area (Å²) in [5, 5.41) is 7.52. The van der Waals surface area contributed by atoms with Crippen LogP contribution in [0.25, 0.3) is 11.8 Å². The Morgan fingerprint density at radius 3 is 2.50 bits per heavy atom. The first-order chi connectivity index (χ1) is 13.6. The van der Waals surface area contributed by atoms with E-state index in [2.05, 4.69) is 10.4 Å². The number of amides is 1. The monoisotopic (exact) mass is 375 g/mol. The van der Waals surface area contributed by atoms with E-state index >= 15 is 0 Å². The predicted molar refractivity (Wildman–Crippen MR) is 112 cm³/mol. The molecule has 5 heteroatoms. The van der Waals surface area contributed by atoms with Gasteiger partial charge in [-0.25, -0.2) is 4.68 Å². The average molecular weight is 375 g/mol. The van der Waals surface area contributed by atoms with Gasteiger partial charge in [0.25, 0.3) is 0 Å². The lowest BCUT2D eigenvalue weighted by Gasteiger charge is -2.05. The van der Waals surface area contributed by atoms with Crippen LogP contribution < -0.4 is 10.1 Å². The van der Waals surface area contributed by atoms with Crippen molar-refractivity contribution in [2.75, 3.05) is 13.7 Å². The Labute approximate surface area is 165 Å². The molecule has 0 spiro atoms. The molecule has 3 rings (SSSR count). The van der Waals surface area contributed by atoms with Crippen molar-refractivity contribution in [2.45, 2.75) is 20.3 Å². The second-order valence-electron chi connectivity index (χ2n) is 6.55. The molecule has 0 fully saturated rings. The zero-order valence-corrected chi connectivity index (χ0v) is 16.5. The Kier molecular flexibility index (Phi) is 6.27. The average Bonchev–Trinajstić information content (AvgIpc) is 3.01. The zero-order valence-electron chi connectivity index (χ0n) is 16.5. The molecule has 0 aliphatic carbocycles. The first-order valence-electron chi connectivity index (χ1n) is 9.29. The van der Waals surface area contributed by atoms with Crippen LogP contribution in [-0.4, -0.2) is 29.3 Å². The van der Waals surface area contributed by atoms with Crippen molar-refractivity contribution >= 4 is 12.0 Å². The number of nitrogens with zero attached hydrogens (tertiary/aromatic N) is 2. The molecule has 1 heterocycles. The van der Waals surface area contributed by atoms with Crippen molar-refractivity contribution in [2.24, 2.45) is 0 Å². The number of aromatic nitrogens is 2. The van der Waals surface area contributed by atoms with Gasteiger partial charge in [0.05, 0.1) is 18.5 Å². The maximum atomic E-state index is 12.2. The molecule has 0 saturated carbocycles. The quantitative estimate of drug-likeness (QED) is 0.638. The van der Waals surface area contributed by atoms with E-state index in [4.69, 9.17) is 4.74 Å². The maximum Gasteiger partial charge on any atom is 0.244 e. The molecule has 2 aromatic carbocycles. The molecule has 1 aromatic heterocycles. The van der Waals surface area contributed by atoms with E-state index in [-0.39, 0.29) is 5.91 Å². The van der Waals surface area contributed by atoms with Crippen molar-refractivity contribution in [3.8, 4) is 11.4 Å². The lowest BCUT2D eigenvalue weighted by atomic mass is 10.1. The summed E-state index contributed by atoms with van der Waals surface area (Å²) in [7, 11) is 1.65. The molecular weight excluding hydrogens is 350 g/mol. The number of aryl methyl sites for hydroxylation is 1. The van der Waals surface area contributed by atoms with Crippen LogP contribution in [0.4, 0.5) is 0 Å². The van der Waals surface area contributed by atoms with Gasteiger partial charge in [0.1, 0.15) is 5.75 Å². The van der Waals surface area contributed by atoms with Crippen LogP contribution in [0.3, 0.4) is 0 Å². The minimum atomic E-state index is -0.111. The molecule has 0 aliphatic heterocycles. The molecule has 0 aliphatic rings. The topological polar surface area (TPSA) is 56.1 Å². The molecule has 5 nitrogen and oxygen atoms in total. The second-order valence-corrected chi connectivity index (χ2v) is 6.55. The maximum absolute atomic E-state index is 12.2. The Balaban J connectivity index is 1.59. The smallest absolute Gasteiger partial charge is 0.244 e. The van der Waals surface area contributed by atoms with Crippen LogP contribution in [0.2, 0.25) is 0 Å². The van der Waals surface area contributed by atoms with E-state index in [1.165, 1.54) is 0 Å². The summed E-state index contributed by atoms with van der Waals surface area (Å²) < 4.78 is 7.05. The Morgan fingerprint density at radius 2 is 1.82 bits per heavy atom. The second kappa shape index (κ2) is 9.04. The van der Waals surface area contributed by atoms with Gasteiger partial charge >= 0.3 is 0 Å². The van der Waals surface area contributed by atoms with E-state index in [9.17, 15) is 4.79 Å². The Bertz CT molecular complexity index is 958. The van der Waals surface area contributed by atoms with Crippen LogP contribution in [-0.2, 0) is 11.2 Å². The fraction of sp³-hybridized carbons (Fsp3) is 0.217. The number of carbonyl (C=O) groups is 1. The molecule has 3 aromatic rings. The third-order valence-corrected chi connectivity index (χ3v) is 4.62. The van der Waals surface area contributed by atoms with Crippen molar-refractivity contribution in [3.63, 3.8) is 0 Å². The summed E-state index contributed by atoms with van der Waals surface area (Å²) in [4.78, 5) is 12.2. The largest absolute Gasteiger partial charge is 0.497 e. The number of nitrogens with one attached hydrogen (secondary N) is 1. The minimum absolute atomic E-state index is 0.111. The lowest BCUT2D eigenvalue weighted by molar-refractivity contribution is -0.116. The molecule has 1 N–H and O–H groups in total. The summed E-state index contributed by atoms with van der Waals surface area (Å²) in [6.45, 7) is 4.54. The molecule has 0 bridgehead atoms. The summed E-state index contributed by atoms with van der Waals surface area (Å²) in [5.41, 5.74) is 5.02. The van der Waals surface area contributed by atoms with E-state index in [1.54, 1.807) is 13.2 Å². The fourth-order valence-corrected chi connectivity index (χ4v) is 3.06. The van der Waals surface area contributed by atoms with E-state index in [0.29, 0.717) is 6.54 Å². The summed E-state index contributed by atoms with van der Waals surface area (Å²) >= 11 is 0. The number of rotatable bonds is 7. The van der Waals surface area contributed by atoms with Crippen molar-refractivity contribution in [3.05, 3.63) is 83.2 Å². The number of benzene rings is 2. The third-order valence-electron chi connectivity index (χ3n) is 4.62. The first-order valence-corrected chi connectivity index (χ1v) is 9.29. The highest BCUT2D eigenvalue weighted by Crippen LogP contribution is 2.19. The van der Waals surface area contributed by atoms with Gasteiger partial charge in [-0.2, -0.15) is 5.10 Å². The highest BCUT2D eigenvalue weighted by atomic mass is 16.5. The highest BCUT2D eigenvalue weighted by Gasteiger charge is 2.10. The fourth-order valence-electron chi connectivity index (χ4n) is 3.06. The molecular formula is C23H25N3O2. The molecule has 0 unspecified atom stereocenters. The standard InChI is InChI=1S/C23H25N3O2/c1-17-22(18(2)26(25-17)20-7-5-4-6-8-20)13-14-23(27)24-16-15-19-9-11-21(28-3)12-10-19/h4-14H,15-16H2,1-3H3,(H,24,27)/b14-13+. The van der Waals surface area contributed by atoms with Crippen LogP contribution in [0, 0.1) is 13.8 Å². The predicted octanol–water partition coefficient (Wildman–Crippen LogP) is 3.87. The molecule has 0 radical (unpaired) electrons. The van der Waals surface area contributed by atoms with Gasteiger partial charge in [0, 0.05) is 23.9 Å². The SMILES string of the molecule is COc1ccc(CCNC(=O)/C=C/c2c(C)nn(-c3ccccc3)c2C)cc1. The van der Waals surface area contributed by atoms with Gasteiger partial charge in [-0.05, 0) is 56.2 Å². The third kappa shape index (κ3) is 4.68. The van der Waals surface area contributed by atoms with Crippen molar-refractivity contribution in [1.82, 2.24) is 15.1 Å². The van der Waals surface area contributed by atoms with Gasteiger partial charge < -0.3 is 10.1 Å².